The smallest absolute Gasteiger partial charge is 0.742 e. The van der Waals surface area contributed by atoms with Crippen molar-refractivity contribution in [2.24, 2.45) is 14.1 Å². The van der Waals surface area contributed by atoms with Gasteiger partial charge in [0.15, 0.2) is 22.3 Å². The Kier molecular flexibility index (Phi) is 10.3. The molecule has 4 aromatic heterocycles. The van der Waals surface area contributed by atoms with Crippen LogP contribution in [0.1, 0.15) is 0 Å². The maximum absolute atomic E-state index is 12.5. The minimum atomic E-state index is -0.292. The zero-order chi connectivity index (χ0) is 34.8. The zero-order valence-electron chi connectivity index (χ0n) is 27.1. The van der Waals surface area contributed by atoms with E-state index in [1.165, 1.54) is 9.13 Å². The first-order chi connectivity index (χ1) is 24.3. The van der Waals surface area contributed by atoms with Gasteiger partial charge in [0.05, 0.1) is 22.8 Å². The summed E-state index contributed by atoms with van der Waals surface area (Å²) in [4.78, 5) is 52.1. The Bertz CT molecular complexity index is 2440. The summed E-state index contributed by atoms with van der Waals surface area (Å²) in [6.45, 7) is 0. The molecule has 10 nitrogen and oxygen atoms in total. The van der Waals surface area contributed by atoms with E-state index in [4.69, 9.17) is 25.3 Å². The molecule has 8 rings (SSSR count). The first-order valence-electron chi connectivity index (χ1n) is 15.4. The van der Waals surface area contributed by atoms with Crippen molar-refractivity contribution in [1.82, 2.24) is 39.0 Å². The monoisotopic (exact) mass is 749 g/mol. The molecule has 0 atom stereocenters. The largest absolute Gasteiger partial charge is 2.00 e. The SMILES string of the molecule is Cn1c([S-])nc2nc(-c3ccccc3)c(-c3ccccc3)nc2c1=O.Cn1c([S-])nc2nc(-c3ccccc3)c(-c3ccccc3)nc2c1=O.[Co+2]. The van der Waals surface area contributed by atoms with Crippen molar-refractivity contribution in [3.63, 3.8) is 0 Å². The van der Waals surface area contributed by atoms with Crippen LogP contribution in [-0.2, 0) is 56.1 Å². The Morgan fingerprint density at radius 3 is 0.941 bits per heavy atom. The second kappa shape index (κ2) is 15.0. The van der Waals surface area contributed by atoms with Crippen molar-refractivity contribution in [3.05, 3.63) is 142 Å². The number of nitrogens with zero attached hydrogens (tertiary/aromatic N) is 8. The molecule has 0 bridgehead atoms. The van der Waals surface area contributed by atoms with Gasteiger partial charge in [0.1, 0.15) is 0 Å². The van der Waals surface area contributed by atoms with E-state index in [9.17, 15) is 9.59 Å². The Balaban J connectivity index is 0.000000172. The van der Waals surface area contributed by atoms with Gasteiger partial charge < -0.3 is 34.4 Å². The molecule has 8 aromatic rings. The summed E-state index contributed by atoms with van der Waals surface area (Å²) in [5.41, 5.74) is 6.63. The molecule has 51 heavy (non-hydrogen) atoms. The van der Waals surface area contributed by atoms with E-state index < -0.39 is 0 Å². The Labute approximate surface area is 313 Å². The van der Waals surface area contributed by atoms with Crippen molar-refractivity contribution >= 4 is 47.6 Å². The first-order valence-corrected chi connectivity index (χ1v) is 16.2. The summed E-state index contributed by atoms with van der Waals surface area (Å²) in [5, 5.41) is 0.386. The van der Waals surface area contributed by atoms with E-state index in [0.717, 1.165) is 22.3 Å². The van der Waals surface area contributed by atoms with E-state index in [2.05, 4.69) is 29.9 Å². The second-order valence-electron chi connectivity index (χ2n) is 11.2. The number of hydrogen-bond donors (Lipinski definition) is 0. The van der Waals surface area contributed by atoms with Crippen LogP contribution in [0.2, 0.25) is 0 Å². The second-order valence-corrected chi connectivity index (χ2v) is 11.9. The third kappa shape index (κ3) is 7.00. The van der Waals surface area contributed by atoms with E-state index in [0.29, 0.717) is 22.8 Å². The Morgan fingerprint density at radius 2 is 0.667 bits per heavy atom. The molecular weight excluding hydrogens is 724 g/mol. The standard InChI is InChI=1S/2C19H14N4OS.Co/c2*1-23-18(24)16-17(22-19(23)25)21-15(13-10-6-3-7-11-13)14(20-16)12-8-4-2-5-9-12;/h2*2-11H,1H3,(H,21,22,25);/q;;+2/p-2. The molecule has 0 fully saturated rings. The van der Waals surface area contributed by atoms with Gasteiger partial charge in [-0.25, -0.2) is 29.9 Å². The molecule has 4 heterocycles. The van der Waals surface area contributed by atoms with E-state index in [-0.39, 0.29) is 60.5 Å². The van der Waals surface area contributed by atoms with E-state index in [1.807, 2.05) is 121 Å². The third-order valence-corrected chi connectivity index (χ3v) is 8.67. The van der Waals surface area contributed by atoms with Gasteiger partial charge in [0.2, 0.25) is 0 Å². The van der Waals surface area contributed by atoms with Gasteiger partial charge in [-0.2, -0.15) is 0 Å². The van der Waals surface area contributed by atoms with Crippen molar-refractivity contribution in [2.75, 3.05) is 0 Å². The normalized spacial score (nSPS) is 10.7. The summed E-state index contributed by atoms with van der Waals surface area (Å²) in [6.07, 6.45) is 0. The van der Waals surface area contributed by atoms with Crippen LogP contribution >= 0.6 is 0 Å². The Morgan fingerprint density at radius 1 is 0.412 bits per heavy atom. The fourth-order valence-corrected chi connectivity index (χ4v) is 5.65. The summed E-state index contributed by atoms with van der Waals surface area (Å²) in [6, 6.07) is 38.8. The summed E-state index contributed by atoms with van der Waals surface area (Å²) >= 11 is 10.3. The minimum Gasteiger partial charge on any atom is -0.742 e. The average Bonchev–Trinajstić information content (AvgIpc) is 3.17. The number of hydrogen-bond acceptors (Lipinski definition) is 10. The van der Waals surface area contributed by atoms with Gasteiger partial charge in [0, 0.05) is 36.3 Å². The van der Waals surface area contributed by atoms with Crippen LogP contribution in [0, 0.1) is 0 Å². The molecule has 0 unspecified atom stereocenters. The molecular formula is C38H26CoN8O2S2. The summed E-state index contributed by atoms with van der Waals surface area (Å²) < 4.78 is 2.62. The van der Waals surface area contributed by atoms with Crippen molar-refractivity contribution in [3.8, 4) is 45.0 Å². The fourth-order valence-electron chi connectivity index (χ4n) is 5.31. The summed E-state index contributed by atoms with van der Waals surface area (Å²) in [7, 11) is 3.18. The van der Waals surface area contributed by atoms with Crippen LogP contribution in [0.3, 0.4) is 0 Å². The van der Waals surface area contributed by atoms with Crippen LogP contribution in [0.5, 0.6) is 0 Å². The molecule has 0 spiro atoms. The van der Waals surface area contributed by atoms with Crippen LogP contribution < -0.4 is 11.1 Å². The van der Waals surface area contributed by atoms with E-state index in [1.54, 1.807) is 14.1 Å². The number of fused-ring (bicyclic) bond motifs is 2. The number of rotatable bonds is 4. The minimum absolute atomic E-state index is 0. The maximum atomic E-state index is 12.5. The molecule has 1 radical (unpaired) electrons. The molecule has 251 valence electrons. The molecule has 0 aliphatic rings. The molecule has 0 amide bonds. The number of benzene rings is 4. The number of aromatic nitrogens is 8. The molecule has 0 aliphatic heterocycles. The topological polar surface area (TPSA) is 121 Å². The van der Waals surface area contributed by atoms with Gasteiger partial charge in [-0.15, -0.1) is 0 Å². The molecule has 13 heteroatoms. The van der Waals surface area contributed by atoms with Gasteiger partial charge >= 0.3 is 16.8 Å². The predicted octanol–water partition coefficient (Wildman–Crippen LogP) is 5.92. The molecule has 0 saturated carbocycles. The van der Waals surface area contributed by atoms with Crippen molar-refractivity contribution in [1.29, 1.82) is 0 Å². The molecule has 0 N–H and O–H groups in total. The van der Waals surface area contributed by atoms with Gasteiger partial charge in [-0.1, -0.05) is 121 Å². The van der Waals surface area contributed by atoms with Crippen LogP contribution in [0.25, 0.3) is 67.4 Å². The van der Waals surface area contributed by atoms with E-state index >= 15 is 0 Å². The average molecular weight is 750 g/mol. The van der Waals surface area contributed by atoms with Gasteiger partial charge in [-0.3, -0.25) is 9.59 Å². The first kappa shape index (κ1) is 35.1. The van der Waals surface area contributed by atoms with Crippen LogP contribution in [0.4, 0.5) is 0 Å². The summed E-state index contributed by atoms with van der Waals surface area (Å²) in [5.74, 6) is 0. The predicted molar refractivity (Wildman–Crippen MR) is 198 cm³/mol. The maximum Gasteiger partial charge on any atom is 2.00 e. The van der Waals surface area contributed by atoms with Crippen molar-refractivity contribution < 1.29 is 16.8 Å². The molecule has 0 saturated heterocycles. The van der Waals surface area contributed by atoms with Gasteiger partial charge in [-0.05, 0) is 10.3 Å². The van der Waals surface area contributed by atoms with Crippen LogP contribution in [0.15, 0.2) is 141 Å². The zero-order valence-corrected chi connectivity index (χ0v) is 29.8. The van der Waals surface area contributed by atoms with Crippen molar-refractivity contribution in [2.45, 2.75) is 10.3 Å². The third-order valence-electron chi connectivity index (χ3n) is 7.94. The van der Waals surface area contributed by atoms with Gasteiger partial charge in [0.25, 0.3) is 11.1 Å². The molecule has 4 aromatic carbocycles. The molecule has 0 aliphatic carbocycles. The fraction of sp³-hybridized carbons (Fsp3) is 0.0526. The Hall–Kier alpha value is -5.73. The quantitative estimate of drug-likeness (QED) is 0.158. The van der Waals surface area contributed by atoms with Crippen LogP contribution in [-0.4, -0.2) is 39.0 Å².